The van der Waals surface area contributed by atoms with Crippen LogP contribution in [0.25, 0.3) is 11.0 Å². The molecule has 1 aliphatic heterocycles. The van der Waals surface area contributed by atoms with Crippen molar-refractivity contribution in [3.63, 3.8) is 0 Å². The third kappa shape index (κ3) is 2.69. The molecule has 2 heterocycles. The highest BCUT2D eigenvalue weighted by Gasteiger charge is 2.18. The van der Waals surface area contributed by atoms with Gasteiger partial charge in [0.2, 0.25) is 0 Å². The van der Waals surface area contributed by atoms with Crippen molar-refractivity contribution in [3.8, 4) is 0 Å². The molecule has 0 radical (unpaired) electrons. The molecule has 0 spiro atoms. The summed E-state index contributed by atoms with van der Waals surface area (Å²) in [5, 5.41) is 11.0. The van der Waals surface area contributed by atoms with E-state index in [9.17, 15) is 19.7 Å². The van der Waals surface area contributed by atoms with E-state index in [-0.39, 0.29) is 11.2 Å². The average Bonchev–Trinajstić information content (AvgIpc) is 2.93. The number of thioether (sulfide) groups is 1. The number of H-pyrrole nitrogens is 2. The molecule has 1 fully saturated rings. The predicted molar refractivity (Wildman–Crippen MR) is 79.6 cm³/mol. The van der Waals surface area contributed by atoms with Gasteiger partial charge in [0.1, 0.15) is 0 Å². The maximum Gasteiger partial charge on any atom is 0.314 e. The fourth-order valence-corrected chi connectivity index (χ4v) is 3.32. The van der Waals surface area contributed by atoms with Crippen molar-refractivity contribution in [1.82, 2.24) is 14.9 Å². The number of aromatic nitrogens is 2. The number of benzene rings is 1. The summed E-state index contributed by atoms with van der Waals surface area (Å²) < 4.78 is 0. The van der Waals surface area contributed by atoms with Crippen LogP contribution in [0.1, 0.15) is 5.56 Å². The minimum absolute atomic E-state index is 0.105. The van der Waals surface area contributed by atoms with Crippen molar-refractivity contribution < 1.29 is 4.92 Å². The van der Waals surface area contributed by atoms with Crippen LogP contribution in [-0.4, -0.2) is 38.0 Å². The van der Waals surface area contributed by atoms with Crippen LogP contribution in [0.5, 0.6) is 0 Å². The van der Waals surface area contributed by atoms with Crippen LogP contribution in [0.4, 0.5) is 5.69 Å². The van der Waals surface area contributed by atoms with E-state index < -0.39 is 16.0 Å². The maximum atomic E-state index is 11.5. The van der Waals surface area contributed by atoms with Crippen LogP contribution in [0.2, 0.25) is 0 Å². The third-order valence-electron chi connectivity index (χ3n) is 3.33. The van der Waals surface area contributed by atoms with Crippen molar-refractivity contribution in [2.45, 2.75) is 6.54 Å². The fraction of sp³-hybridized carbons (Fsp3) is 0.333. The molecule has 1 aromatic heterocycles. The minimum atomic E-state index is -0.814. The first kappa shape index (κ1) is 13.8. The number of nitrogens with zero attached hydrogens (tertiary/aromatic N) is 2. The third-order valence-corrected chi connectivity index (χ3v) is 4.35. The second-order valence-electron chi connectivity index (χ2n) is 4.78. The molecule has 0 saturated carbocycles. The van der Waals surface area contributed by atoms with E-state index in [0.29, 0.717) is 17.6 Å². The van der Waals surface area contributed by atoms with Crippen molar-refractivity contribution in [2.24, 2.45) is 0 Å². The molecule has 110 valence electrons. The monoisotopic (exact) mass is 308 g/mol. The van der Waals surface area contributed by atoms with E-state index >= 15 is 0 Å². The lowest BCUT2D eigenvalue weighted by Gasteiger charge is -2.15. The number of non-ortho nitro benzene ring substituents is 1. The second-order valence-corrected chi connectivity index (χ2v) is 5.86. The van der Waals surface area contributed by atoms with E-state index in [1.165, 1.54) is 12.1 Å². The summed E-state index contributed by atoms with van der Waals surface area (Å²) in [5.74, 6) is 1.86. The van der Waals surface area contributed by atoms with Gasteiger partial charge >= 0.3 is 11.1 Å². The number of nitrogens with one attached hydrogen (secondary N) is 2. The topological polar surface area (TPSA) is 112 Å². The molecule has 1 saturated heterocycles. The van der Waals surface area contributed by atoms with Gasteiger partial charge < -0.3 is 9.97 Å². The van der Waals surface area contributed by atoms with Gasteiger partial charge in [0.05, 0.1) is 16.0 Å². The van der Waals surface area contributed by atoms with E-state index in [4.69, 9.17) is 0 Å². The normalized spacial score (nSPS) is 15.6. The standard InChI is InChI=1S/C12H12N4O4S/c17-11-12(18)14-10-7(5-15-1-2-21-6-15)3-8(16(19)20)4-9(10)13-11/h3-4H,1-2,5-6H2,(H,13,17)(H,14,18). The van der Waals surface area contributed by atoms with Crippen molar-refractivity contribution >= 4 is 28.5 Å². The Morgan fingerprint density at radius 3 is 2.71 bits per heavy atom. The number of nitro benzene ring substituents is 1. The lowest BCUT2D eigenvalue weighted by atomic mass is 10.1. The van der Waals surface area contributed by atoms with Crippen LogP contribution < -0.4 is 11.1 Å². The van der Waals surface area contributed by atoms with Crippen molar-refractivity contribution in [1.29, 1.82) is 0 Å². The zero-order chi connectivity index (χ0) is 15.0. The second kappa shape index (κ2) is 5.34. The van der Waals surface area contributed by atoms with Gasteiger partial charge in [0, 0.05) is 36.9 Å². The quantitative estimate of drug-likeness (QED) is 0.488. The largest absolute Gasteiger partial charge is 0.316 e. The average molecular weight is 308 g/mol. The van der Waals surface area contributed by atoms with Crippen LogP contribution in [-0.2, 0) is 6.54 Å². The molecule has 21 heavy (non-hydrogen) atoms. The van der Waals surface area contributed by atoms with E-state index in [2.05, 4.69) is 14.9 Å². The summed E-state index contributed by atoms with van der Waals surface area (Å²) in [6.45, 7) is 1.38. The molecular formula is C12H12N4O4S. The van der Waals surface area contributed by atoms with Gasteiger partial charge in [-0.3, -0.25) is 24.6 Å². The highest BCUT2D eigenvalue weighted by atomic mass is 32.2. The summed E-state index contributed by atoms with van der Waals surface area (Å²) in [4.78, 5) is 40.4. The number of hydrogen-bond acceptors (Lipinski definition) is 6. The van der Waals surface area contributed by atoms with Gasteiger partial charge in [0.15, 0.2) is 0 Å². The Morgan fingerprint density at radius 1 is 1.29 bits per heavy atom. The Morgan fingerprint density at radius 2 is 2.05 bits per heavy atom. The summed E-state index contributed by atoms with van der Waals surface area (Å²) >= 11 is 1.79. The molecular weight excluding hydrogens is 296 g/mol. The molecule has 0 bridgehead atoms. The zero-order valence-electron chi connectivity index (χ0n) is 10.9. The smallest absolute Gasteiger partial charge is 0.314 e. The molecule has 2 N–H and O–H groups in total. The molecule has 1 aromatic carbocycles. The Hall–Kier alpha value is -2.13. The Labute approximate surface area is 122 Å². The number of rotatable bonds is 3. The molecule has 3 rings (SSSR count). The number of fused-ring (bicyclic) bond motifs is 1. The van der Waals surface area contributed by atoms with E-state index in [1.54, 1.807) is 11.8 Å². The van der Waals surface area contributed by atoms with Gasteiger partial charge in [-0.25, -0.2) is 0 Å². The van der Waals surface area contributed by atoms with E-state index in [1.807, 2.05) is 0 Å². The molecule has 9 heteroatoms. The van der Waals surface area contributed by atoms with Crippen LogP contribution in [0.15, 0.2) is 21.7 Å². The first-order valence-electron chi connectivity index (χ1n) is 6.28. The molecule has 2 aromatic rings. The van der Waals surface area contributed by atoms with Crippen LogP contribution >= 0.6 is 11.8 Å². The molecule has 0 amide bonds. The lowest BCUT2D eigenvalue weighted by molar-refractivity contribution is -0.384. The molecule has 0 aliphatic carbocycles. The highest BCUT2D eigenvalue weighted by Crippen LogP contribution is 2.24. The molecule has 0 unspecified atom stereocenters. The number of hydrogen-bond donors (Lipinski definition) is 2. The molecule has 1 aliphatic rings. The summed E-state index contributed by atoms with van der Waals surface area (Å²) in [6, 6.07) is 2.70. The van der Waals surface area contributed by atoms with Gasteiger partial charge in [-0.2, -0.15) is 0 Å². The predicted octanol–water partition coefficient (Wildman–Crippen LogP) is 0.631. The van der Waals surface area contributed by atoms with Crippen molar-refractivity contribution in [3.05, 3.63) is 48.5 Å². The number of aromatic amines is 2. The zero-order valence-corrected chi connectivity index (χ0v) is 11.7. The first-order valence-corrected chi connectivity index (χ1v) is 7.44. The summed E-state index contributed by atoms with van der Waals surface area (Å²) in [5.41, 5.74) is -0.320. The van der Waals surface area contributed by atoms with Gasteiger partial charge in [-0.05, 0) is 5.56 Å². The first-order chi connectivity index (χ1) is 10.0. The Kier molecular flexibility index (Phi) is 3.52. The van der Waals surface area contributed by atoms with Gasteiger partial charge in [-0.1, -0.05) is 0 Å². The Bertz CT molecular complexity index is 822. The van der Waals surface area contributed by atoms with Gasteiger partial charge in [-0.15, -0.1) is 11.8 Å². The number of nitro groups is 1. The summed E-state index contributed by atoms with van der Waals surface area (Å²) in [6.07, 6.45) is 0. The lowest BCUT2D eigenvalue weighted by Crippen LogP contribution is -2.29. The van der Waals surface area contributed by atoms with Crippen LogP contribution in [0, 0.1) is 10.1 Å². The van der Waals surface area contributed by atoms with Crippen LogP contribution in [0.3, 0.4) is 0 Å². The SMILES string of the molecule is O=c1[nH]c2cc([N+](=O)[O-])cc(CN3CCSC3)c2[nH]c1=O. The van der Waals surface area contributed by atoms with Crippen molar-refractivity contribution in [2.75, 3.05) is 18.2 Å². The molecule has 0 atom stereocenters. The minimum Gasteiger partial charge on any atom is -0.316 e. The van der Waals surface area contributed by atoms with Gasteiger partial charge in [0.25, 0.3) is 5.69 Å². The van der Waals surface area contributed by atoms with E-state index in [0.717, 1.165) is 18.2 Å². The summed E-state index contributed by atoms with van der Waals surface area (Å²) in [7, 11) is 0. The maximum absolute atomic E-state index is 11.5. The Balaban J connectivity index is 2.18. The highest BCUT2D eigenvalue weighted by molar-refractivity contribution is 7.99. The fourth-order valence-electron chi connectivity index (χ4n) is 2.33. The molecule has 8 nitrogen and oxygen atoms in total.